The van der Waals surface area contributed by atoms with Gasteiger partial charge in [-0.2, -0.15) is 0 Å². The van der Waals surface area contributed by atoms with Crippen LogP contribution < -0.4 is 11.1 Å². The number of nitrogens with two attached hydrogens (primary N) is 1. The van der Waals surface area contributed by atoms with Crippen LogP contribution in [0, 0.1) is 5.41 Å². The van der Waals surface area contributed by atoms with Crippen LogP contribution >= 0.6 is 0 Å². The van der Waals surface area contributed by atoms with Gasteiger partial charge in [0.05, 0.1) is 12.8 Å². The van der Waals surface area contributed by atoms with E-state index in [4.69, 9.17) is 15.6 Å². The second-order valence-corrected chi connectivity index (χ2v) is 3.85. The largest absolute Gasteiger partial charge is 0.459 e. The Kier molecular flexibility index (Phi) is 4.23. The highest BCUT2D eigenvalue weighted by atomic mass is 16.3. The SMILES string of the molecule is N=C(N=C(N)CNC(=O)c1ccco1)c1cccnc1. The van der Waals surface area contributed by atoms with Crippen molar-refractivity contribution in [2.24, 2.45) is 10.7 Å². The zero-order chi connectivity index (χ0) is 14.4. The molecular formula is C13H13N5O2. The van der Waals surface area contributed by atoms with Crippen LogP contribution in [0.4, 0.5) is 0 Å². The fraction of sp³-hybridized carbons (Fsp3) is 0.0769. The summed E-state index contributed by atoms with van der Waals surface area (Å²) in [6.07, 6.45) is 4.53. The summed E-state index contributed by atoms with van der Waals surface area (Å²) in [5.74, 6) is -0.0807. The van der Waals surface area contributed by atoms with Crippen LogP contribution in [0.15, 0.2) is 52.3 Å². The lowest BCUT2D eigenvalue weighted by Gasteiger charge is -2.03. The number of hydrogen-bond donors (Lipinski definition) is 3. The molecule has 7 nitrogen and oxygen atoms in total. The predicted octanol–water partition coefficient (Wildman–Crippen LogP) is 0.787. The molecule has 0 unspecified atom stereocenters. The predicted molar refractivity (Wildman–Crippen MR) is 73.7 cm³/mol. The van der Waals surface area contributed by atoms with E-state index in [2.05, 4.69) is 15.3 Å². The van der Waals surface area contributed by atoms with Gasteiger partial charge in [-0.1, -0.05) is 0 Å². The molecule has 0 aliphatic heterocycles. The summed E-state index contributed by atoms with van der Waals surface area (Å²) in [5, 5.41) is 10.3. The Morgan fingerprint density at radius 1 is 1.45 bits per heavy atom. The van der Waals surface area contributed by atoms with Crippen molar-refractivity contribution in [2.75, 3.05) is 6.54 Å². The van der Waals surface area contributed by atoms with Crippen molar-refractivity contribution in [2.45, 2.75) is 0 Å². The molecule has 4 N–H and O–H groups in total. The molecule has 0 fully saturated rings. The average Bonchev–Trinajstić information content (AvgIpc) is 3.00. The monoisotopic (exact) mass is 271 g/mol. The lowest BCUT2D eigenvalue weighted by Crippen LogP contribution is -2.34. The Hall–Kier alpha value is -2.96. The van der Waals surface area contributed by atoms with Crippen LogP contribution in [0.3, 0.4) is 0 Å². The number of furan rings is 1. The van der Waals surface area contributed by atoms with Gasteiger partial charge in [-0.15, -0.1) is 0 Å². The second-order valence-electron chi connectivity index (χ2n) is 3.85. The summed E-state index contributed by atoms with van der Waals surface area (Å²) in [4.78, 5) is 19.4. The smallest absolute Gasteiger partial charge is 0.287 e. The van der Waals surface area contributed by atoms with E-state index in [1.165, 1.54) is 12.5 Å². The van der Waals surface area contributed by atoms with Crippen molar-refractivity contribution in [3.63, 3.8) is 0 Å². The number of amidine groups is 2. The van der Waals surface area contributed by atoms with Crippen molar-refractivity contribution in [3.05, 3.63) is 54.2 Å². The molecule has 0 atom stereocenters. The quantitative estimate of drug-likeness (QED) is 0.562. The van der Waals surface area contributed by atoms with Gasteiger partial charge in [0.2, 0.25) is 0 Å². The number of rotatable bonds is 4. The normalized spacial score (nSPS) is 11.1. The van der Waals surface area contributed by atoms with Crippen LogP contribution in [-0.4, -0.2) is 29.1 Å². The summed E-state index contributed by atoms with van der Waals surface area (Å²) in [7, 11) is 0. The molecular weight excluding hydrogens is 258 g/mol. The number of aromatic nitrogens is 1. The Morgan fingerprint density at radius 2 is 2.30 bits per heavy atom. The second kappa shape index (κ2) is 6.28. The third kappa shape index (κ3) is 3.52. The van der Waals surface area contributed by atoms with E-state index < -0.39 is 0 Å². The van der Waals surface area contributed by atoms with Gasteiger partial charge in [-0.25, -0.2) is 4.99 Å². The molecule has 0 bridgehead atoms. The van der Waals surface area contributed by atoms with Crippen LogP contribution in [0.5, 0.6) is 0 Å². The Morgan fingerprint density at radius 3 is 2.95 bits per heavy atom. The van der Waals surface area contributed by atoms with Crippen LogP contribution in [0.25, 0.3) is 0 Å². The number of nitrogens with zero attached hydrogens (tertiary/aromatic N) is 2. The van der Waals surface area contributed by atoms with E-state index in [9.17, 15) is 4.79 Å². The summed E-state index contributed by atoms with van der Waals surface area (Å²) in [6.45, 7) is 0.0299. The molecule has 102 valence electrons. The summed E-state index contributed by atoms with van der Waals surface area (Å²) in [6, 6.07) is 6.56. The third-order valence-electron chi connectivity index (χ3n) is 2.37. The van der Waals surface area contributed by atoms with Crippen LogP contribution in [0.2, 0.25) is 0 Å². The number of amides is 1. The number of carbonyl (C=O) groups excluding carboxylic acids is 1. The molecule has 0 radical (unpaired) electrons. The average molecular weight is 271 g/mol. The highest BCUT2D eigenvalue weighted by Crippen LogP contribution is 1.99. The minimum absolute atomic E-state index is 0.0113. The lowest BCUT2D eigenvalue weighted by molar-refractivity contribution is 0.0931. The Bertz CT molecular complexity index is 619. The molecule has 20 heavy (non-hydrogen) atoms. The van der Waals surface area contributed by atoms with Crippen molar-refractivity contribution in [1.29, 1.82) is 5.41 Å². The fourth-order valence-corrected chi connectivity index (χ4v) is 1.42. The molecule has 0 aliphatic carbocycles. The van der Waals surface area contributed by atoms with E-state index in [1.807, 2.05) is 0 Å². The number of pyridine rings is 1. The van der Waals surface area contributed by atoms with Gasteiger partial charge in [0.25, 0.3) is 5.91 Å². The molecule has 2 rings (SSSR count). The molecule has 2 aromatic heterocycles. The van der Waals surface area contributed by atoms with Crippen LogP contribution in [-0.2, 0) is 0 Å². The number of nitrogens with one attached hydrogen (secondary N) is 2. The minimum Gasteiger partial charge on any atom is -0.459 e. The molecule has 0 aromatic carbocycles. The van der Waals surface area contributed by atoms with Crippen molar-refractivity contribution >= 4 is 17.6 Å². The molecule has 0 saturated carbocycles. The van der Waals surface area contributed by atoms with Crippen molar-refractivity contribution in [1.82, 2.24) is 10.3 Å². The van der Waals surface area contributed by atoms with Gasteiger partial charge in [0.15, 0.2) is 11.6 Å². The standard InChI is InChI=1S/C13H13N5O2/c14-11(8-17-13(19)10-4-2-6-20-10)18-12(15)9-3-1-5-16-7-9/h1-7H,8H2,(H,17,19)(H3,14,15,18). The zero-order valence-electron chi connectivity index (χ0n) is 10.5. The van der Waals surface area contributed by atoms with Crippen LogP contribution in [0.1, 0.15) is 16.1 Å². The van der Waals surface area contributed by atoms with E-state index in [0.29, 0.717) is 5.56 Å². The lowest BCUT2D eigenvalue weighted by atomic mass is 10.3. The first kappa shape index (κ1) is 13.5. The van der Waals surface area contributed by atoms with Gasteiger partial charge >= 0.3 is 0 Å². The number of aliphatic imine (C=N–C) groups is 1. The molecule has 0 aliphatic rings. The van der Waals surface area contributed by atoms with Gasteiger partial charge in [-0.3, -0.25) is 15.2 Å². The van der Waals surface area contributed by atoms with Gasteiger partial charge < -0.3 is 15.5 Å². The maximum Gasteiger partial charge on any atom is 0.287 e. The van der Waals surface area contributed by atoms with E-state index in [0.717, 1.165) is 0 Å². The first-order valence-corrected chi connectivity index (χ1v) is 5.80. The summed E-state index contributed by atoms with van der Waals surface area (Å²) < 4.78 is 4.93. The van der Waals surface area contributed by atoms with E-state index in [1.54, 1.807) is 30.5 Å². The minimum atomic E-state index is -0.388. The third-order valence-corrected chi connectivity index (χ3v) is 2.37. The Balaban J connectivity index is 1.91. The molecule has 1 amide bonds. The molecule has 0 spiro atoms. The first-order valence-electron chi connectivity index (χ1n) is 5.80. The topological polar surface area (TPSA) is 117 Å². The first-order chi connectivity index (χ1) is 9.66. The highest BCUT2D eigenvalue weighted by molar-refractivity contribution is 6.05. The van der Waals surface area contributed by atoms with Gasteiger partial charge in [0.1, 0.15) is 5.84 Å². The van der Waals surface area contributed by atoms with Gasteiger partial charge in [-0.05, 0) is 24.3 Å². The highest BCUT2D eigenvalue weighted by Gasteiger charge is 2.08. The van der Waals surface area contributed by atoms with Gasteiger partial charge in [0, 0.05) is 18.0 Å². The number of carbonyl (C=O) groups is 1. The maximum absolute atomic E-state index is 11.6. The molecule has 2 heterocycles. The van der Waals surface area contributed by atoms with Crippen molar-refractivity contribution in [3.8, 4) is 0 Å². The molecule has 0 saturated heterocycles. The number of hydrogen-bond acceptors (Lipinski definition) is 4. The molecule has 7 heteroatoms. The summed E-state index contributed by atoms with van der Waals surface area (Å²) in [5.41, 5.74) is 6.21. The summed E-state index contributed by atoms with van der Waals surface area (Å²) >= 11 is 0. The Labute approximate surface area is 115 Å². The van der Waals surface area contributed by atoms with E-state index >= 15 is 0 Å². The maximum atomic E-state index is 11.6. The zero-order valence-corrected chi connectivity index (χ0v) is 10.5. The van der Waals surface area contributed by atoms with Crippen molar-refractivity contribution < 1.29 is 9.21 Å². The molecule has 2 aromatic rings. The fourth-order valence-electron chi connectivity index (χ4n) is 1.42. The van der Waals surface area contributed by atoms with E-state index in [-0.39, 0.29) is 29.9 Å².